The van der Waals surface area contributed by atoms with Gasteiger partial charge in [-0.05, 0) is 54.2 Å². The highest BCUT2D eigenvalue weighted by molar-refractivity contribution is 9.10. The first-order chi connectivity index (χ1) is 7.70. The van der Waals surface area contributed by atoms with Crippen LogP contribution in [0.2, 0.25) is 0 Å². The number of rotatable bonds is 1. The first-order valence-electron chi connectivity index (χ1n) is 6.08. The van der Waals surface area contributed by atoms with Crippen molar-refractivity contribution < 1.29 is 0 Å². The third-order valence-corrected chi connectivity index (χ3v) is 4.37. The van der Waals surface area contributed by atoms with Crippen LogP contribution in [-0.4, -0.2) is 17.6 Å². The number of nitrogens with zero attached hydrogens (tertiary/aromatic N) is 2. The number of pyridine rings is 1. The maximum Gasteiger partial charge on any atom is 0.143 e. The Morgan fingerprint density at radius 2 is 2.19 bits per heavy atom. The summed E-state index contributed by atoms with van der Waals surface area (Å²) in [5, 5.41) is 0. The van der Waals surface area contributed by atoms with Crippen molar-refractivity contribution >= 4 is 21.7 Å². The van der Waals surface area contributed by atoms with Gasteiger partial charge in [-0.25, -0.2) is 4.98 Å². The van der Waals surface area contributed by atoms with Crippen LogP contribution in [0.1, 0.15) is 38.2 Å². The van der Waals surface area contributed by atoms with Crippen molar-refractivity contribution in [2.45, 2.75) is 45.6 Å². The van der Waals surface area contributed by atoms with Crippen LogP contribution in [0.4, 0.5) is 5.82 Å². The van der Waals surface area contributed by atoms with E-state index in [0.717, 1.165) is 16.8 Å². The lowest BCUT2D eigenvalue weighted by molar-refractivity contribution is 0.610. The molecule has 0 radical (unpaired) electrons. The van der Waals surface area contributed by atoms with E-state index in [-0.39, 0.29) is 0 Å². The van der Waals surface area contributed by atoms with Gasteiger partial charge in [0, 0.05) is 18.8 Å². The zero-order valence-corrected chi connectivity index (χ0v) is 11.6. The lowest BCUT2D eigenvalue weighted by Crippen LogP contribution is -2.33. The summed E-state index contributed by atoms with van der Waals surface area (Å²) < 4.78 is 1.16. The largest absolute Gasteiger partial charge is 0.353 e. The summed E-state index contributed by atoms with van der Waals surface area (Å²) in [5.41, 5.74) is 1.27. The van der Waals surface area contributed by atoms with Crippen LogP contribution >= 0.6 is 15.9 Å². The number of halogens is 1. The van der Waals surface area contributed by atoms with Crippen LogP contribution in [0.3, 0.4) is 0 Å². The highest BCUT2D eigenvalue weighted by Crippen LogP contribution is 2.30. The smallest absolute Gasteiger partial charge is 0.143 e. The van der Waals surface area contributed by atoms with Crippen LogP contribution in [0.5, 0.6) is 0 Å². The highest BCUT2D eigenvalue weighted by Gasteiger charge is 2.20. The van der Waals surface area contributed by atoms with Crippen molar-refractivity contribution in [2.75, 3.05) is 11.4 Å². The molecule has 2 nitrogen and oxygen atoms in total. The number of hydrogen-bond donors (Lipinski definition) is 0. The van der Waals surface area contributed by atoms with Gasteiger partial charge in [0.05, 0.1) is 4.47 Å². The third-order valence-electron chi connectivity index (χ3n) is 3.39. The molecule has 1 unspecified atom stereocenters. The van der Waals surface area contributed by atoms with E-state index in [2.05, 4.69) is 45.7 Å². The fraction of sp³-hybridized carbons (Fsp3) is 0.615. The van der Waals surface area contributed by atoms with Gasteiger partial charge in [0.25, 0.3) is 0 Å². The molecular formula is C13H19BrN2. The van der Waals surface area contributed by atoms with Gasteiger partial charge in [0.15, 0.2) is 0 Å². The van der Waals surface area contributed by atoms with E-state index in [1.165, 1.54) is 31.2 Å². The molecule has 0 bridgehead atoms. The summed E-state index contributed by atoms with van der Waals surface area (Å²) in [6.45, 7) is 5.57. The molecule has 16 heavy (non-hydrogen) atoms. The van der Waals surface area contributed by atoms with E-state index in [0.29, 0.717) is 6.04 Å². The van der Waals surface area contributed by atoms with Crippen molar-refractivity contribution in [3.63, 3.8) is 0 Å². The van der Waals surface area contributed by atoms with Gasteiger partial charge < -0.3 is 4.90 Å². The van der Waals surface area contributed by atoms with Gasteiger partial charge in [0.1, 0.15) is 5.82 Å². The molecular weight excluding hydrogens is 264 g/mol. The first-order valence-corrected chi connectivity index (χ1v) is 6.87. The molecule has 1 fully saturated rings. The second-order valence-electron chi connectivity index (χ2n) is 4.66. The number of hydrogen-bond acceptors (Lipinski definition) is 2. The molecule has 88 valence electrons. The van der Waals surface area contributed by atoms with Crippen molar-refractivity contribution in [3.05, 3.63) is 22.3 Å². The van der Waals surface area contributed by atoms with E-state index in [1.54, 1.807) is 0 Å². The summed E-state index contributed by atoms with van der Waals surface area (Å²) in [4.78, 5) is 6.98. The average Bonchev–Trinajstić information content (AvgIpc) is 2.47. The zero-order chi connectivity index (χ0) is 11.5. The Labute approximate surface area is 106 Å². The molecule has 0 amide bonds. The summed E-state index contributed by atoms with van der Waals surface area (Å²) in [7, 11) is 0. The molecule has 2 rings (SSSR count). The molecule has 1 aliphatic rings. The molecule has 0 aliphatic carbocycles. The molecule has 0 saturated carbocycles. The SMILES string of the molecule is Cc1ccnc(N2CCCCCC2C)c1Br. The monoisotopic (exact) mass is 282 g/mol. The van der Waals surface area contributed by atoms with E-state index < -0.39 is 0 Å². The minimum Gasteiger partial charge on any atom is -0.353 e. The Kier molecular flexibility index (Phi) is 3.85. The summed E-state index contributed by atoms with van der Waals surface area (Å²) in [6.07, 6.45) is 7.17. The molecule has 1 aromatic rings. The zero-order valence-electron chi connectivity index (χ0n) is 10.0. The normalized spacial score (nSPS) is 21.9. The van der Waals surface area contributed by atoms with Crippen molar-refractivity contribution in [3.8, 4) is 0 Å². The highest BCUT2D eigenvalue weighted by atomic mass is 79.9. The van der Waals surface area contributed by atoms with Crippen LogP contribution in [0.25, 0.3) is 0 Å². The quantitative estimate of drug-likeness (QED) is 0.776. The minimum atomic E-state index is 0.605. The molecule has 0 aromatic carbocycles. The van der Waals surface area contributed by atoms with Crippen molar-refractivity contribution in [1.29, 1.82) is 0 Å². The van der Waals surface area contributed by atoms with Crippen LogP contribution < -0.4 is 4.90 Å². The Balaban J connectivity index is 2.30. The average molecular weight is 283 g/mol. The molecule has 1 aliphatic heterocycles. The summed E-state index contributed by atoms with van der Waals surface area (Å²) >= 11 is 3.66. The van der Waals surface area contributed by atoms with Crippen molar-refractivity contribution in [2.24, 2.45) is 0 Å². The molecule has 1 aromatic heterocycles. The topological polar surface area (TPSA) is 16.1 Å². The fourth-order valence-corrected chi connectivity index (χ4v) is 2.78. The number of aryl methyl sites for hydroxylation is 1. The second-order valence-corrected chi connectivity index (χ2v) is 5.45. The molecule has 0 N–H and O–H groups in total. The van der Waals surface area contributed by atoms with Gasteiger partial charge in [0.2, 0.25) is 0 Å². The van der Waals surface area contributed by atoms with Gasteiger partial charge in [-0.3, -0.25) is 0 Å². The fourth-order valence-electron chi connectivity index (χ4n) is 2.32. The standard InChI is InChI=1S/C13H19BrN2/c1-10-7-8-15-13(12(10)14)16-9-5-3-4-6-11(16)2/h7-8,11H,3-6,9H2,1-2H3. The lowest BCUT2D eigenvalue weighted by atomic mass is 10.1. The Hall–Kier alpha value is -0.570. The molecule has 0 spiro atoms. The Bertz CT molecular complexity index is 365. The predicted octanol–water partition coefficient (Wildman–Crippen LogP) is 3.92. The molecule has 1 saturated heterocycles. The van der Waals surface area contributed by atoms with Gasteiger partial charge in [-0.2, -0.15) is 0 Å². The Morgan fingerprint density at radius 3 is 3.00 bits per heavy atom. The minimum absolute atomic E-state index is 0.605. The van der Waals surface area contributed by atoms with Crippen LogP contribution in [-0.2, 0) is 0 Å². The molecule has 2 heterocycles. The van der Waals surface area contributed by atoms with E-state index in [1.807, 2.05) is 6.20 Å². The predicted molar refractivity (Wildman–Crippen MR) is 72.0 cm³/mol. The van der Waals surface area contributed by atoms with Gasteiger partial charge in [-0.1, -0.05) is 12.8 Å². The summed E-state index contributed by atoms with van der Waals surface area (Å²) in [6, 6.07) is 2.66. The maximum atomic E-state index is 4.53. The number of anilines is 1. The summed E-state index contributed by atoms with van der Waals surface area (Å²) in [5.74, 6) is 1.12. The lowest BCUT2D eigenvalue weighted by Gasteiger charge is -2.29. The van der Waals surface area contributed by atoms with Crippen LogP contribution in [0, 0.1) is 6.92 Å². The van der Waals surface area contributed by atoms with E-state index in [4.69, 9.17) is 0 Å². The van der Waals surface area contributed by atoms with Crippen LogP contribution in [0.15, 0.2) is 16.7 Å². The first kappa shape index (κ1) is 11.9. The number of aromatic nitrogens is 1. The molecule has 3 heteroatoms. The second kappa shape index (κ2) is 5.17. The van der Waals surface area contributed by atoms with Crippen molar-refractivity contribution in [1.82, 2.24) is 4.98 Å². The Morgan fingerprint density at radius 1 is 1.38 bits per heavy atom. The van der Waals surface area contributed by atoms with Gasteiger partial charge >= 0.3 is 0 Å². The maximum absolute atomic E-state index is 4.53. The third kappa shape index (κ3) is 2.40. The molecule has 1 atom stereocenters. The van der Waals surface area contributed by atoms with E-state index >= 15 is 0 Å². The van der Waals surface area contributed by atoms with Gasteiger partial charge in [-0.15, -0.1) is 0 Å². The van der Waals surface area contributed by atoms with E-state index in [9.17, 15) is 0 Å².